The molecule has 0 saturated heterocycles. The van der Waals surface area contributed by atoms with Crippen molar-refractivity contribution in [3.05, 3.63) is 107 Å². The standard InChI is InChI=1S/C30H32ClN3O3/c1-37-18-8-16-34(30(36)24-11-7-12-26(31)19-24)22-29(35)33(21-23-9-3-2-4-10-23)17-15-25-20-32-28-14-6-5-13-27(25)28/h2-7,9-14,19-20,32H,8,15-18,21-22H2,1H3. The van der Waals surface area contributed by atoms with Gasteiger partial charge in [0, 0.05) is 61.0 Å². The lowest BCUT2D eigenvalue weighted by molar-refractivity contribution is -0.132. The summed E-state index contributed by atoms with van der Waals surface area (Å²) in [4.78, 5) is 33.8. The summed E-state index contributed by atoms with van der Waals surface area (Å²) in [7, 11) is 1.63. The Labute approximate surface area is 222 Å². The summed E-state index contributed by atoms with van der Waals surface area (Å²) in [5, 5.41) is 1.64. The summed E-state index contributed by atoms with van der Waals surface area (Å²) in [6.07, 6.45) is 3.34. The van der Waals surface area contributed by atoms with Crippen molar-refractivity contribution in [3.63, 3.8) is 0 Å². The van der Waals surface area contributed by atoms with Gasteiger partial charge < -0.3 is 19.5 Å². The van der Waals surface area contributed by atoms with E-state index in [1.165, 1.54) is 0 Å². The zero-order valence-electron chi connectivity index (χ0n) is 21.0. The van der Waals surface area contributed by atoms with E-state index in [1.807, 2.05) is 59.6 Å². The summed E-state index contributed by atoms with van der Waals surface area (Å²) in [6, 6.07) is 24.9. The highest BCUT2D eigenvalue weighted by Crippen LogP contribution is 2.19. The highest BCUT2D eigenvalue weighted by molar-refractivity contribution is 6.31. The molecule has 0 spiro atoms. The fourth-order valence-electron chi connectivity index (χ4n) is 4.41. The summed E-state index contributed by atoms with van der Waals surface area (Å²) in [5.41, 5.74) is 3.75. The van der Waals surface area contributed by atoms with Crippen LogP contribution in [0.1, 0.15) is 27.9 Å². The number of halogens is 1. The van der Waals surface area contributed by atoms with Crippen LogP contribution in [-0.2, 0) is 22.5 Å². The molecule has 0 saturated carbocycles. The SMILES string of the molecule is COCCCN(CC(=O)N(CCc1c[nH]c2ccccc12)Cc1ccccc1)C(=O)c1cccc(Cl)c1. The van der Waals surface area contributed by atoms with Crippen LogP contribution >= 0.6 is 11.6 Å². The van der Waals surface area contributed by atoms with Crippen LogP contribution in [0.3, 0.4) is 0 Å². The molecular formula is C30H32ClN3O3. The number of para-hydroxylation sites is 1. The minimum Gasteiger partial charge on any atom is -0.385 e. The predicted molar refractivity (Wildman–Crippen MR) is 148 cm³/mol. The maximum Gasteiger partial charge on any atom is 0.254 e. The third kappa shape index (κ3) is 7.21. The number of hydrogen-bond acceptors (Lipinski definition) is 3. The number of ether oxygens (including phenoxy) is 1. The Morgan fingerprint density at radius 2 is 1.70 bits per heavy atom. The largest absolute Gasteiger partial charge is 0.385 e. The van der Waals surface area contributed by atoms with E-state index in [4.69, 9.17) is 16.3 Å². The van der Waals surface area contributed by atoms with E-state index in [1.54, 1.807) is 36.3 Å². The fourth-order valence-corrected chi connectivity index (χ4v) is 4.60. The number of nitrogens with one attached hydrogen (secondary N) is 1. The fraction of sp³-hybridized carbons (Fsp3) is 0.267. The molecule has 0 aliphatic carbocycles. The van der Waals surface area contributed by atoms with Crippen LogP contribution < -0.4 is 0 Å². The molecule has 0 radical (unpaired) electrons. The highest BCUT2D eigenvalue weighted by Gasteiger charge is 2.23. The number of hydrogen-bond donors (Lipinski definition) is 1. The molecule has 0 bridgehead atoms. The second-order valence-corrected chi connectivity index (χ2v) is 9.43. The molecule has 0 fully saturated rings. The normalized spacial score (nSPS) is 11.0. The van der Waals surface area contributed by atoms with E-state index < -0.39 is 0 Å². The van der Waals surface area contributed by atoms with Crippen molar-refractivity contribution < 1.29 is 14.3 Å². The number of carbonyl (C=O) groups excluding carboxylic acids is 2. The van der Waals surface area contributed by atoms with Gasteiger partial charge in [-0.2, -0.15) is 0 Å². The molecule has 4 rings (SSSR count). The molecule has 0 aliphatic heterocycles. The zero-order valence-corrected chi connectivity index (χ0v) is 21.8. The Morgan fingerprint density at radius 1 is 0.919 bits per heavy atom. The number of nitrogens with zero attached hydrogens (tertiary/aromatic N) is 2. The van der Waals surface area contributed by atoms with Gasteiger partial charge in [-0.15, -0.1) is 0 Å². The lowest BCUT2D eigenvalue weighted by atomic mass is 10.1. The van der Waals surface area contributed by atoms with Gasteiger partial charge in [0.05, 0.1) is 0 Å². The minimum absolute atomic E-state index is 0.0181. The number of rotatable bonds is 12. The molecule has 192 valence electrons. The number of aromatic amines is 1. The molecule has 1 heterocycles. The Morgan fingerprint density at radius 3 is 2.49 bits per heavy atom. The molecule has 6 nitrogen and oxygen atoms in total. The van der Waals surface area contributed by atoms with Crippen molar-refractivity contribution in [2.45, 2.75) is 19.4 Å². The lowest BCUT2D eigenvalue weighted by Gasteiger charge is -2.28. The van der Waals surface area contributed by atoms with E-state index in [0.717, 1.165) is 22.0 Å². The number of benzene rings is 3. The van der Waals surface area contributed by atoms with Gasteiger partial charge in [-0.25, -0.2) is 0 Å². The van der Waals surface area contributed by atoms with Crippen molar-refractivity contribution in [1.29, 1.82) is 0 Å². The smallest absolute Gasteiger partial charge is 0.254 e. The van der Waals surface area contributed by atoms with E-state index >= 15 is 0 Å². The average molecular weight is 518 g/mol. The molecular weight excluding hydrogens is 486 g/mol. The summed E-state index contributed by atoms with van der Waals surface area (Å²) in [5.74, 6) is -0.320. The molecule has 0 unspecified atom stereocenters. The van der Waals surface area contributed by atoms with Crippen molar-refractivity contribution in [2.24, 2.45) is 0 Å². The van der Waals surface area contributed by atoms with Crippen LogP contribution in [0, 0.1) is 0 Å². The van der Waals surface area contributed by atoms with Crippen LogP contribution in [-0.4, -0.2) is 59.9 Å². The van der Waals surface area contributed by atoms with Gasteiger partial charge in [0.25, 0.3) is 5.91 Å². The summed E-state index contributed by atoms with van der Waals surface area (Å²) < 4.78 is 5.19. The molecule has 3 aromatic carbocycles. The summed E-state index contributed by atoms with van der Waals surface area (Å²) in [6.45, 7) is 1.90. The number of aromatic nitrogens is 1. The van der Waals surface area contributed by atoms with Crippen molar-refractivity contribution >= 4 is 34.3 Å². The number of H-pyrrole nitrogens is 1. The molecule has 1 aromatic heterocycles. The van der Waals surface area contributed by atoms with Crippen LogP contribution in [0.25, 0.3) is 10.9 Å². The van der Waals surface area contributed by atoms with Crippen molar-refractivity contribution in [1.82, 2.24) is 14.8 Å². The molecule has 37 heavy (non-hydrogen) atoms. The lowest BCUT2D eigenvalue weighted by Crippen LogP contribution is -2.44. The van der Waals surface area contributed by atoms with E-state index in [0.29, 0.717) is 49.7 Å². The maximum absolute atomic E-state index is 13.7. The average Bonchev–Trinajstić information content (AvgIpc) is 3.33. The van der Waals surface area contributed by atoms with E-state index in [-0.39, 0.29) is 18.4 Å². The van der Waals surface area contributed by atoms with Gasteiger partial charge in [-0.05, 0) is 48.2 Å². The van der Waals surface area contributed by atoms with Gasteiger partial charge in [-0.1, -0.05) is 66.2 Å². The number of fused-ring (bicyclic) bond motifs is 1. The maximum atomic E-state index is 13.7. The third-order valence-corrected chi connectivity index (χ3v) is 6.59. The van der Waals surface area contributed by atoms with Gasteiger partial charge >= 0.3 is 0 Å². The molecule has 1 N–H and O–H groups in total. The van der Waals surface area contributed by atoms with E-state index in [2.05, 4.69) is 11.1 Å². The second kappa shape index (κ2) is 13.1. The number of methoxy groups -OCH3 is 1. The Kier molecular flexibility index (Phi) is 9.35. The minimum atomic E-state index is -0.219. The Balaban J connectivity index is 1.53. The first kappa shape index (κ1) is 26.5. The second-order valence-electron chi connectivity index (χ2n) is 8.99. The van der Waals surface area contributed by atoms with Gasteiger partial charge in [0.1, 0.15) is 6.54 Å². The van der Waals surface area contributed by atoms with E-state index in [9.17, 15) is 9.59 Å². The third-order valence-electron chi connectivity index (χ3n) is 6.36. The Bertz CT molecular complexity index is 1320. The van der Waals surface area contributed by atoms with Crippen LogP contribution in [0.5, 0.6) is 0 Å². The first-order valence-electron chi connectivity index (χ1n) is 12.5. The molecule has 0 aliphatic rings. The molecule has 0 atom stereocenters. The predicted octanol–water partition coefficient (Wildman–Crippen LogP) is 5.57. The van der Waals surface area contributed by atoms with Gasteiger partial charge in [-0.3, -0.25) is 9.59 Å². The first-order chi connectivity index (χ1) is 18.0. The van der Waals surface area contributed by atoms with Gasteiger partial charge in [0.15, 0.2) is 0 Å². The van der Waals surface area contributed by atoms with Crippen molar-refractivity contribution in [2.75, 3.05) is 33.4 Å². The van der Waals surface area contributed by atoms with Crippen LogP contribution in [0.15, 0.2) is 85.1 Å². The number of amides is 2. The topological polar surface area (TPSA) is 65.6 Å². The quantitative estimate of drug-likeness (QED) is 0.250. The molecule has 4 aromatic rings. The monoisotopic (exact) mass is 517 g/mol. The molecule has 2 amide bonds. The number of carbonyl (C=O) groups is 2. The summed E-state index contributed by atoms with van der Waals surface area (Å²) >= 11 is 6.13. The first-order valence-corrected chi connectivity index (χ1v) is 12.8. The highest BCUT2D eigenvalue weighted by atomic mass is 35.5. The Hall–Kier alpha value is -3.61. The molecule has 7 heteroatoms. The van der Waals surface area contributed by atoms with Crippen molar-refractivity contribution in [3.8, 4) is 0 Å². The zero-order chi connectivity index (χ0) is 26.0. The van der Waals surface area contributed by atoms with Crippen LogP contribution in [0.4, 0.5) is 0 Å². The van der Waals surface area contributed by atoms with Gasteiger partial charge in [0.2, 0.25) is 5.91 Å². The van der Waals surface area contributed by atoms with Crippen LogP contribution in [0.2, 0.25) is 5.02 Å².